The van der Waals surface area contributed by atoms with Gasteiger partial charge >= 0.3 is 0 Å². The second-order valence-corrected chi connectivity index (χ2v) is 11.9. The summed E-state index contributed by atoms with van der Waals surface area (Å²) >= 11 is 0. The van der Waals surface area contributed by atoms with Crippen LogP contribution in [0.2, 0.25) is 0 Å². The van der Waals surface area contributed by atoms with Crippen molar-refractivity contribution >= 4 is 0 Å². The zero-order valence-electron chi connectivity index (χ0n) is 19.1. The molecule has 0 unspecified atom stereocenters. The lowest BCUT2D eigenvalue weighted by atomic mass is 9.43. The minimum absolute atomic E-state index is 0.0358. The molecule has 7 rings (SSSR count). The SMILES string of the molecule is CCN1C[C@]2(C)CC[C@H](O)[C@@]34[C@@H]5C[C@H]6[C@H](O)[C@@H]5[C@@]5(C[C@@H]6OC)OCO[C@@]5([C@@H](OC)[C@H]23)[C@@H]14. The van der Waals surface area contributed by atoms with Gasteiger partial charge < -0.3 is 29.2 Å². The largest absolute Gasteiger partial charge is 0.392 e. The fourth-order valence-electron chi connectivity index (χ4n) is 11.1. The lowest BCUT2D eigenvalue weighted by molar-refractivity contribution is -0.278. The van der Waals surface area contributed by atoms with Gasteiger partial charge in [0.25, 0.3) is 0 Å². The van der Waals surface area contributed by atoms with E-state index in [-0.39, 0.29) is 59.5 Å². The summed E-state index contributed by atoms with van der Waals surface area (Å²) in [5.74, 6) is 0.432. The highest BCUT2D eigenvalue weighted by atomic mass is 16.7. The molecule has 0 aromatic carbocycles. The van der Waals surface area contributed by atoms with Gasteiger partial charge in [-0.15, -0.1) is 0 Å². The summed E-state index contributed by atoms with van der Waals surface area (Å²) in [6.07, 6.45) is 2.30. The number of rotatable bonds is 3. The second-order valence-electron chi connectivity index (χ2n) is 11.9. The van der Waals surface area contributed by atoms with Crippen LogP contribution in [-0.2, 0) is 18.9 Å². The maximum absolute atomic E-state index is 11.9. The molecule has 2 heterocycles. The van der Waals surface area contributed by atoms with Crippen LogP contribution in [0.5, 0.6) is 0 Å². The van der Waals surface area contributed by atoms with E-state index in [1.165, 1.54) is 0 Å². The van der Waals surface area contributed by atoms with Crippen molar-refractivity contribution in [2.45, 2.75) is 81.2 Å². The number of likely N-dealkylation sites (N-methyl/N-ethyl adjacent to an activating group) is 1. The van der Waals surface area contributed by atoms with Crippen LogP contribution in [0.25, 0.3) is 0 Å². The van der Waals surface area contributed by atoms with Gasteiger partial charge in [0, 0.05) is 50.4 Å². The fraction of sp³-hybridized carbons (Fsp3) is 1.00. The van der Waals surface area contributed by atoms with Gasteiger partial charge in [-0.25, -0.2) is 0 Å². The first-order chi connectivity index (χ1) is 14.9. The van der Waals surface area contributed by atoms with Gasteiger partial charge in [-0.3, -0.25) is 4.90 Å². The predicted octanol–water partition coefficient (Wildman–Crippen LogP) is 1.01. The van der Waals surface area contributed by atoms with Gasteiger partial charge in [0.1, 0.15) is 18.0 Å². The summed E-state index contributed by atoms with van der Waals surface area (Å²) < 4.78 is 25.9. The topological polar surface area (TPSA) is 80.6 Å². The lowest BCUT2D eigenvalue weighted by Gasteiger charge is -2.69. The molecule has 5 aliphatic carbocycles. The third-order valence-electron chi connectivity index (χ3n) is 11.6. The highest BCUT2D eigenvalue weighted by Gasteiger charge is 2.93. The molecular formula is C24H37NO6. The van der Waals surface area contributed by atoms with E-state index in [0.717, 1.165) is 38.8 Å². The van der Waals surface area contributed by atoms with Gasteiger partial charge in [-0.05, 0) is 37.1 Å². The molecule has 2 aliphatic heterocycles. The lowest BCUT2D eigenvalue weighted by Crippen LogP contribution is -2.80. The monoisotopic (exact) mass is 435 g/mol. The van der Waals surface area contributed by atoms with Crippen LogP contribution in [-0.4, -0.2) is 90.9 Å². The van der Waals surface area contributed by atoms with Crippen LogP contribution < -0.4 is 0 Å². The van der Waals surface area contributed by atoms with E-state index in [9.17, 15) is 10.2 Å². The van der Waals surface area contributed by atoms with Crippen molar-refractivity contribution in [3.8, 4) is 0 Å². The van der Waals surface area contributed by atoms with E-state index >= 15 is 0 Å². The quantitative estimate of drug-likeness (QED) is 0.685. The van der Waals surface area contributed by atoms with Crippen molar-refractivity contribution in [2.75, 3.05) is 34.1 Å². The Kier molecular flexibility index (Phi) is 3.80. The number of aliphatic hydroxyl groups excluding tert-OH is 2. The number of hydrogen-bond acceptors (Lipinski definition) is 7. The van der Waals surface area contributed by atoms with Crippen LogP contribution in [0, 0.1) is 34.5 Å². The Morgan fingerprint density at radius 2 is 1.97 bits per heavy atom. The number of aliphatic hydroxyl groups is 2. The van der Waals surface area contributed by atoms with E-state index in [2.05, 4.69) is 18.7 Å². The molecular weight excluding hydrogens is 398 g/mol. The van der Waals surface area contributed by atoms with E-state index < -0.39 is 23.4 Å². The Morgan fingerprint density at radius 1 is 1.16 bits per heavy atom. The van der Waals surface area contributed by atoms with E-state index in [4.69, 9.17) is 18.9 Å². The van der Waals surface area contributed by atoms with Crippen molar-refractivity contribution in [1.82, 2.24) is 4.90 Å². The molecule has 0 aromatic rings. The molecule has 0 radical (unpaired) electrons. The van der Waals surface area contributed by atoms with E-state index in [1.807, 2.05) is 7.11 Å². The molecule has 7 nitrogen and oxygen atoms in total. The molecule has 0 amide bonds. The summed E-state index contributed by atoms with van der Waals surface area (Å²) in [6, 6.07) is 0.0358. The summed E-state index contributed by atoms with van der Waals surface area (Å²) in [6.45, 7) is 6.78. The molecule has 7 heteroatoms. The van der Waals surface area contributed by atoms with Crippen LogP contribution >= 0.6 is 0 Å². The molecule has 0 aromatic heterocycles. The standard InChI is InChI=1S/C24H37NO6/c1-5-25-10-21(2)7-6-15(26)23-13-8-12-14(28-3)9-22(16(13)17(12)27)24(20(23)25,31-11-30-22)19(29-4)18(21)23/h12-20,26-27H,5-11H2,1-4H3/t12-,13-,14+,15+,16-,17+,18-,19+,20+,21+,22-,23+,24+/m1/s1. The van der Waals surface area contributed by atoms with Crippen molar-refractivity contribution in [1.29, 1.82) is 0 Å². The van der Waals surface area contributed by atoms with Crippen LogP contribution in [0.4, 0.5) is 0 Å². The number of likely N-dealkylation sites (tertiary alicyclic amines) is 1. The van der Waals surface area contributed by atoms with Gasteiger partial charge in [-0.1, -0.05) is 13.8 Å². The summed E-state index contributed by atoms with van der Waals surface area (Å²) in [5, 5.41) is 23.6. The van der Waals surface area contributed by atoms with E-state index in [1.54, 1.807) is 7.11 Å². The minimum Gasteiger partial charge on any atom is -0.392 e. The predicted molar refractivity (Wildman–Crippen MR) is 110 cm³/mol. The maximum Gasteiger partial charge on any atom is 0.148 e. The van der Waals surface area contributed by atoms with Crippen LogP contribution in [0.1, 0.15) is 39.5 Å². The minimum atomic E-state index is -0.695. The molecule has 7 aliphatic rings. The number of nitrogens with zero attached hydrogens (tertiary/aromatic N) is 1. The first-order valence-corrected chi connectivity index (χ1v) is 12.3. The van der Waals surface area contributed by atoms with Crippen molar-refractivity contribution in [3.05, 3.63) is 0 Å². The smallest absolute Gasteiger partial charge is 0.148 e. The first kappa shape index (κ1) is 20.1. The van der Waals surface area contributed by atoms with Gasteiger partial charge in [-0.2, -0.15) is 0 Å². The Bertz CT molecular complexity index is 811. The zero-order chi connectivity index (χ0) is 21.6. The number of piperidine rings is 1. The molecule has 2 saturated heterocycles. The molecule has 7 bridgehead atoms. The zero-order valence-corrected chi connectivity index (χ0v) is 19.1. The Hall–Kier alpha value is -0.280. The van der Waals surface area contributed by atoms with Crippen LogP contribution in [0.15, 0.2) is 0 Å². The average Bonchev–Trinajstić information content (AvgIpc) is 3.31. The Morgan fingerprint density at radius 3 is 2.68 bits per heavy atom. The highest BCUT2D eigenvalue weighted by molar-refractivity contribution is 5.42. The number of ether oxygens (including phenoxy) is 4. The Labute approximate surface area is 184 Å². The molecule has 7 fully saturated rings. The van der Waals surface area contributed by atoms with Crippen molar-refractivity contribution < 1.29 is 29.2 Å². The molecule has 5 saturated carbocycles. The van der Waals surface area contributed by atoms with Gasteiger partial charge in [0.05, 0.1) is 30.5 Å². The number of fused-ring (bicyclic) bond motifs is 1. The van der Waals surface area contributed by atoms with Crippen molar-refractivity contribution in [3.63, 3.8) is 0 Å². The third-order valence-corrected chi connectivity index (χ3v) is 11.6. The third kappa shape index (κ3) is 1.74. The second kappa shape index (κ2) is 5.85. The Balaban J connectivity index is 1.57. The highest BCUT2D eigenvalue weighted by Crippen LogP contribution is 2.82. The fourth-order valence-corrected chi connectivity index (χ4v) is 11.1. The summed E-state index contributed by atoms with van der Waals surface area (Å²) in [7, 11) is 3.57. The average molecular weight is 436 g/mol. The first-order valence-electron chi connectivity index (χ1n) is 12.3. The number of methoxy groups -OCH3 is 2. The van der Waals surface area contributed by atoms with E-state index in [0.29, 0.717) is 0 Å². The number of hydrogen-bond donors (Lipinski definition) is 2. The molecule has 2 N–H and O–H groups in total. The molecule has 13 atom stereocenters. The van der Waals surface area contributed by atoms with Gasteiger partial charge in [0.2, 0.25) is 0 Å². The van der Waals surface area contributed by atoms with Gasteiger partial charge in [0.15, 0.2) is 0 Å². The molecule has 3 spiro atoms. The van der Waals surface area contributed by atoms with Crippen LogP contribution in [0.3, 0.4) is 0 Å². The van der Waals surface area contributed by atoms with Crippen molar-refractivity contribution in [2.24, 2.45) is 34.5 Å². The summed E-state index contributed by atoms with van der Waals surface area (Å²) in [4.78, 5) is 2.59. The molecule has 31 heavy (non-hydrogen) atoms. The molecule has 174 valence electrons. The summed E-state index contributed by atoms with van der Waals surface area (Å²) in [5.41, 5.74) is -1.63. The normalized spacial score (nSPS) is 65.8. The maximum atomic E-state index is 11.9.